The second kappa shape index (κ2) is 9.75. The molecule has 0 unspecified atom stereocenters. The number of nitrogens with two attached hydrogens (primary N) is 1. The molecule has 0 atom stereocenters. The summed E-state index contributed by atoms with van der Waals surface area (Å²) in [5.41, 5.74) is 12.4. The number of rotatable bonds is 6. The van der Waals surface area contributed by atoms with Gasteiger partial charge in [0.05, 0.1) is 11.9 Å². The average molecular weight is 428 g/mol. The second-order valence-corrected chi connectivity index (χ2v) is 8.40. The highest BCUT2D eigenvalue weighted by molar-refractivity contribution is 6.25. The second-order valence-electron chi connectivity index (χ2n) is 8.40. The molecule has 0 radical (unpaired) electrons. The van der Waals surface area contributed by atoms with Crippen molar-refractivity contribution < 1.29 is 4.79 Å². The number of benzene rings is 1. The smallest absolute Gasteiger partial charge is 0.255 e. The van der Waals surface area contributed by atoms with E-state index in [1.54, 1.807) is 12.4 Å². The molecule has 0 aliphatic carbocycles. The number of amides is 1. The molecule has 1 saturated heterocycles. The van der Waals surface area contributed by atoms with Crippen molar-refractivity contribution in [1.82, 2.24) is 14.9 Å². The fourth-order valence-electron chi connectivity index (χ4n) is 4.06. The van der Waals surface area contributed by atoms with Crippen molar-refractivity contribution in [3.63, 3.8) is 0 Å². The van der Waals surface area contributed by atoms with Crippen LogP contribution in [0, 0.1) is 6.92 Å². The molecule has 0 bridgehead atoms. The molecule has 164 valence electrons. The molecule has 3 N–H and O–H groups in total. The monoisotopic (exact) mass is 427 g/mol. The minimum atomic E-state index is -0.307. The Hall–Kier alpha value is -3.51. The van der Waals surface area contributed by atoms with Crippen LogP contribution in [-0.4, -0.2) is 33.9 Å². The normalized spacial score (nSPS) is 14.2. The van der Waals surface area contributed by atoms with Crippen molar-refractivity contribution in [2.24, 2.45) is 0 Å². The van der Waals surface area contributed by atoms with Crippen LogP contribution >= 0.6 is 0 Å². The first-order valence-electron chi connectivity index (χ1n) is 11.0. The Labute approximate surface area is 189 Å². The zero-order valence-electron chi connectivity index (χ0n) is 18.5. The summed E-state index contributed by atoms with van der Waals surface area (Å²) in [5, 5.41) is 2.85. The zero-order chi connectivity index (χ0) is 22.5. The summed E-state index contributed by atoms with van der Waals surface area (Å²) in [6.07, 6.45) is 11.0. The maximum absolute atomic E-state index is 12.8. The van der Waals surface area contributed by atoms with Gasteiger partial charge in [-0.1, -0.05) is 19.1 Å². The number of hydrogen-bond donors (Lipinski definition) is 2. The van der Waals surface area contributed by atoms with Crippen LogP contribution in [-0.2, 0) is 11.3 Å². The van der Waals surface area contributed by atoms with E-state index in [-0.39, 0.29) is 5.91 Å². The molecule has 6 heteroatoms. The quantitative estimate of drug-likeness (QED) is 0.441. The van der Waals surface area contributed by atoms with Crippen molar-refractivity contribution >= 4 is 22.9 Å². The SMILES string of the molecule is C=C(C(=O)Nc1cncc(C)c1)c1cc(-c2cncc(CN3CCCCC3)c2)ccc1N. The molecular weight excluding hydrogens is 398 g/mol. The third-order valence-electron chi connectivity index (χ3n) is 5.77. The first kappa shape index (κ1) is 21.7. The highest BCUT2D eigenvalue weighted by Gasteiger charge is 2.15. The van der Waals surface area contributed by atoms with Gasteiger partial charge in [-0.25, -0.2) is 0 Å². The van der Waals surface area contributed by atoms with E-state index in [1.165, 1.54) is 24.8 Å². The number of carbonyl (C=O) groups is 1. The van der Waals surface area contributed by atoms with Gasteiger partial charge in [-0.15, -0.1) is 0 Å². The highest BCUT2D eigenvalue weighted by atomic mass is 16.1. The first-order valence-corrected chi connectivity index (χ1v) is 11.0. The lowest BCUT2D eigenvalue weighted by atomic mass is 9.97. The van der Waals surface area contributed by atoms with Crippen molar-refractivity contribution in [3.05, 3.63) is 78.4 Å². The molecule has 1 aliphatic heterocycles. The van der Waals surface area contributed by atoms with E-state index >= 15 is 0 Å². The number of hydrogen-bond acceptors (Lipinski definition) is 5. The highest BCUT2D eigenvalue weighted by Crippen LogP contribution is 2.29. The molecule has 2 aromatic heterocycles. The number of likely N-dealkylation sites (tertiary alicyclic amines) is 1. The molecule has 1 aliphatic rings. The van der Waals surface area contributed by atoms with Gasteiger partial charge in [-0.05, 0) is 73.8 Å². The fraction of sp³-hybridized carbons (Fsp3) is 0.269. The van der Waals surface area contributed by atoms with Crippen LogP contribution in [0.4, 0.5) is 11.4 Å². The Bertz CT molecular complexity index is 1130. The standard InChI is InChI=1S/C26H29N5O/c1-18-10-23(16-28-13-18)30-26(32)19(2)24-12-21(6-7-25(24)27)22-11-20(14-29-15-22)17-31-8-4-3-5-9-31/h6-7,10-16H,2-5,8-9,17,27H2,1H3,(H,30,32). The number of nitrogen functional groups attached to an aromatic ring is 1. The molecule has 32 heavy (non-hydrogen) atoms. The van der Waals surface area contributed by atoms with Crippen LogP contribution in [0.2, 0.25) is 0 Å². The summed E-state index contributed by atoms with van der Waals surface area (Å²) in [7, 11) is 0. The van der Waals surface area contributed by atoms with Gasteiger partial charge in [-0.3, -0.25) is 19.7 Å². The van der Waals surface area contributed by atoms with Crippen LogP contribution in [0.5, 0.6) is 0 Å². The van der Waals surface area contributed by atoms with Crippen LogP contribution in [0.15, 0.2) is 61.7 Å². The molecule has 1 fully saturated rings. The summed E-state index contributed by atoms with van der Waals surface area (Å²) in [4.78, 5) is 23.8. The van der Waals surface area contributed by atoms with Crippen LogP contribution in [0.25, 0.3) is 16.7 Å². The topological polar surface area (TPSA) is 84.1 Å². The maximum atomic E-state index is 12.8. The van der Waals surface area contributed by atoms with E-state index < -0.39 is 0 Å². The minimum absolute atomic E-state index is 0.307. The van der Waals surface area contributed by atoms with Gasteiger partial charge in [0.1, 0.15) is 0 Å². The first-order chi connectivity index (χ1) is 15.5. The van der Waals surface area contributed by atoms with Crippen molar-refractivity contribution in [1.29, 1.82) is 0 Å². The molecular formula is C26H29N5O. The third-order valence-corrected chi connectivity index (χ3v) is 5.77. The predicted molar refractivity (Wildman–Crippen MR) is 130 cm³/mol. The number of nitrogens with zero attached hydrogens (tertiary/aromatic N) is 3. The number of carbonyl (C=O) groups excluding carboxylic acids is 1. The van der Waals surface area contributed by atoms with Crippen LogP contribution in [0.1, 0.15) is 36.0 Å². The molecule has 6 nitrogen and oxygen atoms in total. The van der Waals surface area contributed by atoms with Gasteiger partial charge >= 0.3 is 0 Å². The zero-order valence-corrected chi connectivity index (χ0v) is 18.5. The molecule has 3 aromatic rings. The Kier molecular flexibility index (Phi) is 6.61. The van der Waals surface area contributed by atoms with Gasteiger partial charge < -0.3 is 11.1 Å². The summed E-state index contributed by atoms with van der Waals surface area (Å²) in [6, 6.07) is 9.70. The average Bonchev–Trinajstić information content (AvgIpc) is 2.80. The predicted octanol–water partition coefficient (Wildman–Crippen LogP) is 4.67. The Morgan fingerprint density at radius 2 is 1.81 bits per heavy atom. The molecule has 3 heterocycles. The molecule has 0 saturated carbocycles. The number of piperidine rings is 1. The van der Waals surface area contributed by atoms with E-state index in [9.17, 15) is 4.79 Å². The van der Waals surface area contributed by atoms with Crippen LogP contribution in [0.3, 0.4) is 0 Å². The van der Waals surface area contributed by atoms with E-state index in [0.717, 1.165) is 36.3 Å². The largest absolute Gasteiger partial charge is 0.398 e. The molecule has 4 rings (SSSR count). The van der Waals surface area contributed by atoms with Gasteiger partial charge in [0.15, 0.2) is 0 Å². The fourth-order valence-corrected chi connectivity index (χ4v) is 4.06. The lowest BCUT2D eigenvalue weighted by Gasteiger charge is -2.26. The lowest BCUT2D eigenvalue weighted by Crippen LogP contribution is -2.29. The van der Waals surface area contributed by atoms with Crippen LogP contribution < -0.4 is 11.1 Å². The summed E-state index contributed by atoms with van der Waals surface area (Å²) in [6.45, 7) is 9.11. The lowest BCUT2D eigenvalue weighted by molar-refractivity contribution is -0.111. The Morgan fingerprint density at radius 1 is 1.03 bits per heavy atom. The number of nitrogens with one attached hydrogen (secondary N) is 1. The Morgan fingerprint density at radius 3 is 2.59 bits per heavy atom. The van der Waals surface area contributed by atoms with Crippen molar-refractivity contribution in [2.45, 2.75) is 32.7 Å². The minimum Gasteiger partial charge on any atom is -0.398 e. The van der Waals surface area contributed by atoms with Gasteiger partial charge in [0, 0.05) is 47.5 Å². The number of pyridine rings is 2. The number of anilines is 2. The van der Waals surface area contributed by atoms with Gasteiger partial charge in [-0.2, -0.15) is 0 Å². The van der Waals surface area contributed by atoms with E-state index in [4.69, 9.17) is 5.73 Å². The van der Waals surface area contributed by atoms with Crippen molar-refractivity contribution in [3.8, 4) is 11.1 Å². The maximum Gasteiger partial charge on any atom is 0.255 e. The van der Waals surface area contributed by atoms with E-state index in [1.807, 2.05) is 43.6 Å². The molecule has 1 amide bonds. The summed E-state index contributed by atoms with van der Waals surface area (Å²) < 4.78 is 0. The van der Waals surface area contributed by atoms with Crippen molar-refractivity contribution in [2.75, 3.05) is 24.1 Å². The molecule has 1 aromatic carbocycles. The van der Waals surface area contributed by atoms with Gasteiger partial charge in [0.25, 0.3) is 5.91 Å². The third kappa shape index (κ3) is 5.21. The van der Waals surface area contributed by atoms with Gasteiger partial charge in [0.2, 0.25) is 0 Å². The molecule has 0 spiro atoms. The number of aryl methyl sites for hydroxylation is 1. The van der Waals surface area contributed by atoms with E-state index in [2.05, 4.69) is 32.8 Å². The summed E-state index contributed by atoms with van der Waals surface area (Å²) >= 11 is 0. The Balaban J connectivity index is 1.54. The summed E-state index contributed by atoms with van der Waals surface area (Å²) in [5.74, 6) is -0.307. The number of aromatic nitrogens is 2. The van der Waals surface area contributed by atoms with E-state index in [0.29, 0.717) is 22.5 Å².